The van der Waals surface area contributed by atoms with Crippen molar-refractivity contribution in [1.29, 1.82) is 0 Å². The van der Waals surface area contributed by atoms with E-state index in [2.05, 4.69) is 26.8 Å². The van der Waals surface area contributed by atoms with Crippen LogP contribution >= 0.6 is 0 Å². The summed E-state index contributed by atoms with van der Waals surface area (Å²) in [5.41, 5.74) is 5.04. The van der Waals surface area contributed by atoms with Crippen molar-refractivity contribution in [1.82, 2.24) is 15.0 Å². The summed E-state index contributed by atoms with van der Waals surface area (Å²) < 4.78 is 13.3. The fraction of sp³-hybridized carbons (Fsp3) is 0.0455. The van der Waals surface area contributed by atoms with Crippen LogP contribution in [0.1, 0.15) is 6.92 Å². The first-order valence-electron chi connectivity index (χ1n) is 8.68. The smallest absolute Gasteiger partial charge is 0.250 e. The second-order valence-corrected chi connectivity index (χ2v) is 6.47. The number of halogens is 1. The summed E-state index contributed by atoms with van der Waals surface area (Å²) in [5, 5.41) is 3.65. The number of rotatable bonds is 4. The highest BCUT2D eigenvalue weighted by atomic mass is 19.1. The zero-order valence-electron chi connectivity index (χ0n) is 15.2. The first kappa shape index (κ1) is 17.6. The first-order chi connectivity index (χ1) is 13.5. The molecule has 0 spiro atoms. The minimum atomic E-state index is -0.291. The molecule has 1 amide bonds. The van der Waals surface area contributed by atoms with E-state index < -0.39 is 0 Å². The van der Waals surface area contributed by atoms with Gasteiger partial charge in [0, 0.05) is 28.6 Å². The van der Waals surface area contributed by atoms with Crippen molar-refractivity contribution in [3.63, 3.8) is 0 Å². The summed E-state index contributed by atoms with van der Waals surface area (Å²) in [6.07, 6.45) is 3.32. The lowest BCUT2D eigenvalue weighted by Crippen LogP contribution is -2.11. The molecule has 5 nitrogen and oxygen atoms in total. The van der Waals surface area contributed by atoms with Crippen molar-refractivity contribution in [3.8, 4) is 22.4 Å². The zero-order valence-corrected chi connectivity index (χ0v) is 15.2. The van der Waals surface area contributed by atoms with Crippen molar-refractivity contribution in [2.75, 3.05) is 5.32 Å². The van der Waals surface area contributed by atoms with Gasteiger partial charge < -0.3 is 10.3 Å². The molecule has 2 N–H and O–H groups in total. The van der Waals surface area contributed by atoms with Crippen molar-refractivity contribution < 1.29 is 9.18 Å². The lowest BCUT2D eigenvalue weighted by atomic mass is 10.0. The van der Waals surface area contributed by atoms with E-state index in [1.807, 2.05) is 24.4 Å². The maximum Gasteiger partial charge on any atom is 0.250 e. The van der Waals surface area contributed by atoms with Gasteiger partial charge in [0.15, 0.2) is 0 Å². The van der Waals surface area contributed by atoms with Gasteiger partial charge in [-0.25, -0.2) is 14.4 Å². The molecule has 28 heavy (non-hydrogen) atoms. The SMILES string of the molecule is C=C(C)C(=O)Nc1cccc(-c2ncnc3[nH]cc(-c4ccc(F)cc4)c23)c1. The molecule has 0 saturated heterocycles. The number of carbonyl (C=O) groups excluding carboxylic acids is 1. The highest BCUT2D eigenvalue weighted by molar-refractivity contribution is 6.05. The molecule has 6 heteroatoms. The number of benzene rings is 2. The van der Waals surface area contributed by atoms with Crippen molar-refractivity contribution in [2.24, 2.45) is 0 Å². The van der Waals surface area contributed by atoms with Crippen LogP contribution in [0, 0.1) is 5.82 Å². The minimum absolute atomic E-state index is 0.237. The third kappa shape index (κ3) is 3.27. The standard InChI is InChI=1S/C22H17FN4O/c1-13(2)22(28)27-17-5-3-4-15(10-17)20-19-18(11-24-21(19)26-12-25-20)14-6-8-16(23)9-7-14/h3-12H,1H2,2H3,(H,27,28)(H,24,25,26). The van der Waals surface area contributed by atoms with Gasteiger partial charge in [0.25, 0.3) is 5.91 Å². The molecule has 0 radical (unpaired) electrons. The van der Waals surface area contributed by atoms with Gasteiger partial charge in [0.05, 0.1) is 11.1 Å². The molecule has 2 aromatic carbocycles. The van der Waals surface area contributed by atoms with Crippen LogP contribution in [0.2, 0.25) is 0 Å². The number of nitrogens with one attached hydrogen (secondary N) is 2. The molecule has 0 fully saturated rings. The van der Waals surface area contributed by atoms with Crippen LogP contribution in [0.15, 0.2) is 73.2 Å². The van der Waals surface area contributed by atoms with Gasteiger partial charge in [-0.1, -0.05) is 30.8 Å². The molecule has 0 aliphatic carbocycles. The third-order valence-electron chi connectivity index (χ3n) is 4.41. The van der Waals surface area contributed by atoms with E-state index in [1.54, 1.807) is 25.1 Å². The average Bonchev–Trinajstić information content (AvgIpc) is 3.13. The molecule has 4 rings (SSSR count). The maximum absolute atomic E-state index is 13.3. The van der Waals surface area contributed by atoms with E-state index in [4.69, 9.17) is 0 Å². The molecule has 2 heterocycles. The molecule has 2 aromatic heterocycles. The number of hydrogen-bond donors (Lipinski definition) is 2. The Morgan fingerprint density at radius 3 is 2.64 bits per heavy atom. The van der Waals surface area contributed by atoms with E-state index in [1.165, 1.54) is 18.5 Å². The Morgan fingerprint density at radius 2 is 1.89 bits per heavy atom. The predicted octanol–water partition coefficient (Wildman–Crippen LogP) is 4.95. The van der Waals surface area contributed by atoms with E-state index in [0.717, 1.165) is 27.8 Å². The number of amides is 1. The quantitative estimate of drug-likeness (QED) is 0.498. The number of nitrogens with zero attached hydrogens (tertiary/aromatic N) is 2. The largest absolute Gasteiger partial charge is 0.345 e. The van der Waals surface area contributed by atoms with Gasteiger partial charge in [0.2, 0.25) is 0 Å². The minimum Gasteiger partial charge on any atom is -0.345 e. The van der Waals surface area contributed by atoms with Crippen LogP contribution in [0.5, 0.6) is 0 Å². The van der Waals surface area contributed by atoms with Gasteiger partial charge in [-0.05, 0) is 36.8 Å². The number of aromatic nitrogens is 3. The number of anilines is 1. The Balaban J connectivity index is 1.83. The Bertz CT molecular complexity index is 1190. The normalized spacial score (nSPS) is 10.8. The van der Waals surface area contributed by atoms with Crippen LogP contribution in [0.3, 0.4) is 0 Å². The fourth-order valence-corrected chi connectivity index (χ4v) is 3.02. The van der Waals surface area contributed by atoms with E-state index in [-0.39, 0.29) is 11.7 Å². The van der Waals surface area contributed by atoms with E-state index >= 15 is 0 Å². The molecule has 0 bridgehead atoms. The number of aromatic amines is 1. The van der Waals surface area contributed by atoms with Gasteiger partial charge in [0.1, 0.15) is 17.8 Å². The lowest BCUT2D eigenvalue weighted by Gasteiger charge is -2.09. The van der Waals surface area contributed by atoms with Crippen molar-refractivity contribution >= 4 is 22.6 Å². The molecule has 138 valence electrons. The predicted molar refractivity (Wildman–Crippen MR) is 108 cm³/mol. The summed E-state index contributed by atoms with van der Waals surface area (Å²) >= 11 is 0. The van der Waals surface area contributed by atoms with Crippen molar-refractivity contribution in [3.05, 3.63) is 79.0 Å². The maximum atomic E-state index is 13.3. The molecule has 0 saturated carbocycles. The Morgan fingerprint density at radius 1 is 1.11 bits per heavy atom. The third-order valence-corrected chi connectivity index (χ3v) is 4.41. The lowest BCUT2D eigenvalue weighted by molar-refractivity contribution is -0.112. The van der Waals surface area contributed by atoms with Crippen LogP contribution in [-0.4, -0.2) is 20.9 Å². The Hall–Kier alpha value is -3.80. The summed E-state index contributed by atoms with van der Waals surface area (Å²) in [5.74, 6) is -0.528. The second kappa shape index (κ2) is 7.08. The summed E-state index contributed by atoms with van der Waals surface area (Å²) in [6.45, 7) is 5.31. The molecular weight excluding hydrogens is 355 g/mol. The van der Waals surface area contributed by atoms with Gasteiger partial charge in [-0.2, -0.15) is 0 Å². The summed E-state index contributed by atoms with van der Waals surface area (Å²) in [4.78, 5) is 23.8. The highest BCUT2D eigenvalue weighted by Gasteiger charge is 2.15. The van der Waals surface area contributed by atoms with E-state index in [9.17, 15) is 9.18 Å². The van der Waals surface area contributed by atoms with Crippen LogP contribution in [0.25, 0.3) is 33.4 Å². The molecular formula is C22H17FN4O. The fourth-order valence-electron chi connectivity index (χ4n) is 3.02. The molecule has 0 aliphatic rings. The number of carbonyl (C=O) groups is 1. The number of H-pyrrole nitrogens is 1. The topological polar surface area (TPSA) is 70.7 Å². The van der Waals surface area contributed by atoms with Crippen LogP contribution < -0.4 is 5.32 Å². The Labute approximate surface area is 161 Å². The van der Waals surface area contributed by atoms with Crippen LogP contribution in [-0.2, 0) is 4.79 Å². The Kier molecular flexibility index (Phi) is 4.45. The van der Waals surface area contributed by atoms with Gasteiger partial charge in [-0.15, -0.1) is 0 Å². The van der Waals surface area contributed by atoms with Gasteiger partial charge >= 0.3 is 0 Å². The zero-order chi connectivity index (χ0) is 19.7. The van der Waals surface area contributed by atoms with Gasteiger partial charge in [-0.3, -0.25) is 4.79 Å². The second-order valence-electron chi connectivity index (χ2n) is 6.47. The van der Waals surface area contributed by atoms with E-state index in [0.29, 0.717) is 16.9 Å². The number of fused-ring (bicyclic) bond motifs is 1. The molecule has 4 aromatic rings. The molecule has 0 aliphatic heterocycles. The summed E-state index contributed by atoms with van der Waals surface area (Å²) in [6, 6.07) is 13.7. The summed E-state index contributed by atoms with van der Waals surface area (Å²) in [7, 11) is 0. The molecule has 0 unspecified atom stereocenters. The van der Waals surface area contributed by atoms with Crippen LogP contribution in [0.4, 0.5) is 10.1 Å². The van der Waals surface area contributed by atoms with Crippen molar-refractivity contribution in [2.45, 2.75) is 6.92 Å². The average molecular weight is 372 g/mol. The number of hydrogen-bond acceptors (Lipinski definition) is 3. The highest BCUT2D eigenvalue weighted by Crippen LogP contribution is 2.35. The first-order valence-corrected chi connectivity index (χ1v) is 8.68. The monoisotopic (exact) mass is 372 g/mol. The molecule has 0 atom stereocenters.